The highest BCUT2D eigenvalue weighted by Crippen LogP contribution is 2.22. The number of ether oxygens (including phenoxy) is 1. The Balaban J connectivity index is 0.000000330. The predicted octanol–water partition coefficient (Wildman–Crippen LogP) is 5.06. The van der Waals surface area contributed by atoms with Crippen molar-refractivity contribution in [2.75, 3.05) is 23.9 Å². The smallest absolute Gasteiger partial charge is 0.428 e. The summed E-state index contributed by atoms with van der Waals surface area (Å²) in [7, 11) is -5.66. The van der Waals surface area contributed by atoms with Crippen molar-refractivity contribution in [2.45, 2.75) is 55.5 Å². The lowest BCUT2D eigenvalue weighted by molar-refractivity contribution is -0.161. The molecule has 1 aromatic carbocycles. The van der Waals surface area contributed by atoms with Crippen molar-refractivity contribution in [3.05, 3.63) is 34.3 Å². The first-order chi connectivity index (χ1) is 15.3. The summed E-state index contributed by atoms with van der Waals surface area (Å²) in [5.41, 5.74) is 0.862. The Bertz CT molecular complexity index is 858. The number of benzene rings is 1. The number of carbonyl (C=O) groups excluding carboxylic acids is 2. The van der Waals surface area contributed by atoms with Gasteiger partial charge < -0.3 is 9.29 Å². The van der Waals surface area contributed by atoms with Crippen LogP contribution < -0.4 is 0 Å². The van der Waals surface area contributed by atoms with Crippen LogP contribution in [-0.2, 0) is 30.5 Å². The molecule has 0 N–H and O–H groups in total. The molecule has 1 unspecified atom stereocenters. The van der Waals surface area contributed by atoms with Crippen molar-refractivity contribution in [3.8, 4) is 0 Å². The van der Waals surface area contributed by atoms with E-state index < -0.39 is 21.3 Å². The Morgan fingerprint density at radius 3 is 2.24 bits per heavy atom. The van der Waals surface area contributed by atoms with E-state index in [4.69, 9.17) is 0 Å². The molecule has 1 aliphatic rings. The van der Waals surface area contributed by atoms with Gasteiger partial charge in [-0.15, -0.1) is 0 Å². The Hall–Kier alpha value is -0.560. The van der Waals surface area contributed by atoms with Gasteiger partial charge in [0.2, 0.25) is 5.78 Å². The van der Waals surface area contributed by atoms with E-state index in [0.29, 0.717) is 29.5 Å². The van der Waals surface area contributed by atoms with E-state index in [2.05, 4.69) is 36.6 Å². The van der Waals surface area contributed by atoms with Crippen molar-refractivity contribution in [2.24, 2.45) is 0 Å². The van der Waals surface area contributed by atoms with E-state index >= 15 is 0 Å². The summed E-state index contributed by atoms with van der Waals surface area (Å²) in [6.07, 6.45) is 5.68. The van der Waals surface area contributed by atoms with Gasteiger partial charge in [0.15, 0.2) is 15.9 Å². The summed E-state index contributed by atoms with van der Waals surface area (Å²) in [6.45, 7) is 1.55. The Morgan fingerprint density at radius 1 is 1.15 bits per heavy atom. The zero-order valence-corrected chi connectivity index (χ0v) is 23.0. The molecule has 0 aliphatic carbocycles. The number of carbonyl (C=O) groups is 2. The molecule has 0 radical (unpaired) electrons. The van der Waals surface area contributed by atoms with Crippen LogP contribution in [0, 0.1) is 0 Å². The minimum atomic E-state index is -6.02. The SMILES string of the molecule is CC(Br)CCCCOC(=O)C(F)(F)S(=O)(=O)[O-].O=C(C[S+]1CCCCC1)c1ccc(Br)cc1. The minimum Gasteiger partial charge on any atom is -0.743 e. The van der Waals surface area contributed by atoms with Gasteiger partial charge in [-0.1, -0.05) is 50.9 Å². The van der Waals surface area contributed by atoms with Gasteiger partial charge in [-0.3, -0.25) is 4.79 Å². The predicted molar refractivity (Wildman–Crippen MR) is 132 cm³/mol. The minimum absolute atomic E-state index is 0.252. The van der Waals surface area contributed by atoms with Crippen LogP contribution in [0.5, 0.6) is 0 Å². The molecule has 2 rings (SSSR count). The molecule has 0 aromatic heterocycles. The highest BCUT2D eigenvalue weighted by Gasteiger charge is 2.48. The van der Waals surface area contributed by atoms with Crippen molar-refractivity contribution >= 4 is 64.6 Å². The molecule has 0 saturated carbocycles. The number of Topliss-reactive ketones (excluding diaryl/α,β-unsaturated/α-hetero) is 1. The first kappa shape index (κ1) is 30.5. The molecule has 6 nitrogen and oxygen atoms in total. The van der Waals surface area contributed by atoms with Crippen molar-refractivity contribution < 1.29 is 36.1 Å². The molecule has 1 aliphatic heterocycles. The summed E-state index contributed by atoms with van der Waals surface area (Å²) in [4.78, 5) is 22.9. The van der Waals surface area contributed by atoms with Gasteiger partial charge in [0.25, 0.3) is 0 Å². The molecular formula is C21H28Br2F2O6S2. The van der Waals surface area contributed by atoms with Crippen LogP contribution >= 0.6 is 31.9 Å². The average Bonchev–Trinajstić information content (AvgIpc) is 2.74. The quantitative estimate of drug-likeness (QED) is 0.0888. The van der Waals surface area contributed by atoms with Gasteiger partial charge in [0.1, 0.15) is 11.5 Å². The third-order valence-electron chi connectivity index (χ3n) is 4.65. The number of hydrogen-bond donors (Lipinski definition) is 0. The second-order valence-corrected chi connectivity index (χ2v) is 13.8. The van der Waals surface area contributed by atoms with Crippen molar-refractivity contribution in [3.63, 3.8) is 0 Å². The zero-order chi connectivity index (χ0) is 25.1. The fourth-order valence-corrected chi connectivity index (χ4v) is 5.92. The van der Waals surface area contributed by atoms with Gasteiger partial charge in [-0.25, -0.2) is 13.2 Å². The van der Waals surface area contributed by atoms with E-state index in [0.717, 1.165) is 22.2 Å². The number of esters is 1. The fraction of sp³-hybridized carbons (Fsp3) is 0.619. The van der Waals surface area contributed by atoms with Gasteiger partial charge in [-0.05, 0) is 61.6 Å². The normalized spacial score (nSPS) is 15.8. The molecule has 1 saturated heterocycles. The molecule has 33 heavy (non-hydrogen) atoms. The van der Waals surface area contributed by atoms with Crippen LogP contribution in [0.25, 0.3) is 0 Å². The lowest BCUT2D eigenvalue weighted by Gasteiger charge is -2.17. The van der Waals surface area contributed by atoms with Gasteiger partial charge in [-0.2, -0.15) is 8.78 Å². The molecular weight excluding hydrogens is 610 g/mol. The van der Waals surface area contributed by atoms with Crippen molar-refractivity contribution in [1.29, 1.82) is 0 Å². The topological polar surface area (TPSA) is 101 Å². The molecule has 1 atom stereocenters. The summed E-state index contributed by atoms with van der Waals surface area (Å²) in [6, 6.07) is 7.72. The van der Waals surface area contributed by atoms with Gasteiger partial charge in [0, 0.05) is 14.9 Å². The van der Waals surface area contributed by atoms with Crippen LogP contribution in [0.4, 0.5) is 8.78 Å². The molecule has 1 fully saturated rings. The number of alkyl halides is 3. The number of rotatable bonds is 10. The first-order valence-electron chi connectivity index (χ1n) is 10.4. The number of halogens is 4. The van der Waals surface area contributed by atoms with Gasteiger partial charge >= 0.3 is 11.2 Å². The largest absolute Gasteiger partial charge is 0.743 e. The Labute approximate surface area is 213 Å². The Morgan fingerprint density at radius 2 is 1.73 bits per heavy atom. The maximum Gasteiger partial charge on any atom is 0.428 e. The third kappa shape index (κ3) is 11.6. The first-order valence-corrected chi connectivity index (χ1v) is 15.3. The Kier molecular flexibility index (Phi) is 13.6. The van der Waals surface area contributed by atoms with E-state index in [9.17, 15) is 31.3 Å². The molecule has 1 heterocycles. The van der Waals surface area contributed by atoms with E-state index in [1.54, 1.807) is 0 Å². The van der Waals surface area contributed by atoms with E-state index in [-0.39, 0.29) is 11.4 Å². The maximum atomic E-state index is 12.6. The lowest BCUT2D eigenvalue weighted by atomic mass is 10.2. The number of unbranched alkanes of at least 4 members (excludes halogenated alkanes) is 1. The lowest BCUT2D eigenvalue weighted by Crippen LogP contribution is -2.39. The standard InChI is InChI=1S/C13H16BrOS.C8H13BrF2O5S/c14-12-6-4-11(5-7-12)13(15)10-16-8-2-1-3-9-16;1-6(9)4-2-3-5-16-7(12)8(10,11)17(13,14)15/h4-7H,1-3,8-10H2;6H,2-5H2,1H3,(H,13,14,15)/q+1;/p-1. The van der Waals surface area contributed by atoms with Gasteiger partial charge in [0.05, 0.1) is 6.61 Å². The second-order valence-electron chi connectivity index (χ2n) is 7.54. The van der Waals surface area contributed by atoms with Crippen LogP contribution in [0.3, 0.4) is 0 Å². The summed E-state index contributed by atoms with van der Waals surface area (Å²) in [5.74, 6) is 1.30. The summed E-state index contributed by atoms with van der Waals surface area (Å²) in [5, 5.41) is -5.02. The van der Waals surface area contributed by atoms with Crippen LogP contribution in [0.1, 0.15) is 55.8 Å². The highest BCUT2D eigenvalue weighted by molar-refractivity contribution is 9.10. The molecule has 12 heteroatoms. The summed E-state index contributed by atoms with van der Waals surface area (Å²) >= 11 is 6.65. The molecule has 0 spiro atoms. The zero-order valence-electron chi connectivity index (χ0n) is 18.2. The van der Waals surface area contributed by atoms with Crippen LogP contribution in [-0.4, -0.2) is 58.7 Å². The monoisotopic (exact) mass is 636 g/mol. The molecule has 188 valence electrons. The van der Waals surface area contributed by atoms with E-state index in [1.807, 2.05) is 31.2 Å². The van der Waals surface area contributed by atoms with Crippen molar-refractivity contribution in [1.82, 2.24) is 0 Å². The molecule has 0 amide bonds. The number of hydrogen-bond acceptors (Lipinski definition) is 6. The highest BCUT2D eigenvalue weighted by atomic mass is 79.9. The fourth-order valence-electron chi connectivity index (χ4n) is 2.82. The molecule has 1 aromatic rings. The van der Waals surface area contributed by atoms with E-state index in [1.165, 1.54) is 30.8 Å². The van der Waals surface area contributed by atoms with Crippen LogP contribution in [0.2, 0.25) is 0 Å². The maximum absolute atomic E-state index is 12.6. The molecule has 0 bridgehead atoms. The van der Waals surface area contributed by atoms with Crippen LogP contribution in [0.15, 0.2) is 28.7 Å². The third-order valence-corrected chi connectivity index (χ3v) is 8.83. The average molecular weight is 638 g/mol. The second kappa shape index (κ2) is 14.8. The summed E-state index contributed by atoms with van der Waals surface area (Å²) < 4.78 is 60.4. The number of ketones is 1.